The molecular weight excluding hydrogens is 202 g/mol. The Bertz CT molecular complexity index is 511. The van der Waals surface area contributed by atoms with Crippen LogP contribution in [-0.4, -0.2) is 17.1 Å². The third-order valence-corrected chi connectivity index (χ3v) is 2.34. The number of ether oxygens (including phenoxy) is 1. The molecule has 0 amide bonds. The molecule has 2 N–H and O–H groups in total. The number of aryl methyl sites for hydroxylation is 1. The second kappa shape index (κ2) is 4.18. The normalized spacial score (nSPS) is 10.1. The van der Waals surface area contributed by atoms with Crippen molar-refractivity contribution in [2.24, 2.45) is 0 Å². The minimum Gasteiger partial charge on any atom is -0.496 e. The highest BCUT2D eigenvalue weighted by Gasteiger charge is 2.05. The fourth-order valence-electron chi connectivity index (χ4n) is 1.47. The molecule has 2 aromatic rings. The van der Waals surface area contributed by atoms with Crippen LogP contribution < -0.4 is 10.5 Å². The van der Waals surface area contributed by atoms with Crippen molar-refractivity contribution in [3.63, 3.8) is 0 Å². The molecule has 1 heterocycles. The van der Waals surface area contributed by atoms with Crippen LogP contribution in [-0.2, 0) is 0 Å². The second-order valence-electron chi connectivity index (χ2n) is 3.49. The van der Waals surface area contributed by atoms with Crippen molar-refractivity contribution in [2.45, 2.75) is 6.92 Å². The van der Waals surface area contributed by atoms with Crippen LogP contribution in [0.4, 0.5) is 5.82 Å². The maximum absolute atomic E-state index is 5.61. The molecule has 0 aliphatic rings. The minimum absolute atomic E-state index is 0.463. The Labute approximate surface area is 94.1 Å². The van der Waals surface area contributed by atoms with Crippen LogP contribution in [0, 0.1) is 6.92 Å². The van der Waals surface area contributed by atoms with E-state index in [1.807, 2.05) is 25.1 Å². The molecule has 0 spiro atoms. The number of benzene rings is 1. The van der Waals surface area contributed by atoms with E-state index in [9.17, 15) is 0 Å². The zero-order valence-corrected chi connectivity index (χ0v) is 9.27. The molecule has 0 aliphatic carbocycles. The van der Waals surface area contributed by atoms with Crippen molar-refractivity contribution in [1.29, 1.82) is 0 Å². The molecule has 0 fully saturated rings. The molecule has 0 saturated carbocycles. The summed E-state index contributed by atoms with van der Waals surface area (Å²) in [5.74, 6) is 1.89. The summed E-state index contributed by atoms with van der Waals surface area (Å²) < 4.78 is 5.25. The molecular formula is C12H13N3O. The van der Waals surface area contributed by atoms with E-state index in [0.29, 0.717) is 11.6 Å². The standard InChI is InChI=1S/C12H13N3O/c1-8-3-4-9(7-10(8)16-2)12-14-6-5-11(13)15-12/h3-7H,1-2H3,(H2,13,14,15). The van der Waals surface area contributed by atoms with Crippen LogP contribution in [0.5, 0.6) is 5.75 Å². The van der Waals surface area contributed by atoms with Gasteiger partial charge in [0.2, 0.25) is 0 Å². The molecule has 0 bridgehead atoms. The Morgan fingerprint density at radius 3 is 2.75 bits per heavy atom. The van der Waals surface area contributed by atoms with Crippen molar-refractivity contribution < 1.29 is 4.74 Å². The van der Waals surface area contributed by atoms with E-state index in [-0.39, 0.29) is 0 Å². The lowest BCUT2D eigenvalue weighted by Gasteiger charge is -2.06. The quantitative estimate of drug-likeness (QED) is 0.832. The fraction of sp³-hybridized carbons (Fsp3) is 0.167. The van der Waals surface area contributed by atoms with Gasteiger partial charge in [-0.05, 0) is 24.6 Å². The topological polar surface area (TPSA) is 61.0 Å². The monoisotopic (exact) mass is 215 g/mol. The first-order valence-corrected chi connectivity index (χ1v) is 4.94. The molecule has 1 aromatic heterocycles. The zero-order valence-electron chi connectivity index (χ0n) is 9.27. The molecule has 1 aromatic carbocycles. The molecule has 4 nitrogen and oxygen atoms in total. The van der Waals surface area contributed by atoms with E-state index in [4.69, 9.17) is 10.5 Å². The van der Waals surface area contributed by atoms with Crippen molar-refractivity contribution in [3.05, 3.63) is 36.0 Å². The zero-order chi connectivity index (χ0) is 11.5. The third-order valence-electron chi connectivity index (χ3n) is 2.34. The summed E-state index contributed by atoms with van der Waals surface area (Å²) in [6.07, 6.45) is 1.64. The number of nitrogen functional groups attached to an aromatic ring is 1. The first-order chi connectivity index (χ1) is 7.70. The van der Waals surface area contributed by atoms with Gasteiger partial charge in [-0.25, -0.2) is 9.97 Å². The molecule has 2 rings (SSSR count). The number of anilines is 1. The summed E-state index contributed by atoms with van der Waals surface area (Å²) in [5, 5.41) is 0. The van der Waals surface area contributed by atoms with Crippen LogP contribution in [0.2, 0.25) is 0 Å². The van der Waals surface area contributed by atoms with Crippen molar-refractivity contribution >= 4 is 5.82 Å². The van der Waals surface area contributed by atoms with Gasteiger partial charge in [-0.1, -0.05) is 12.1 Å². The first kappa shape index (κ1) is 10.4. The Hall–Kier alpha value is -2.10. The van der Waals surface area contributed by atoms with E-state index in [2.05, 4.69) is 9.97 Å². The van der Waals surface area contributed by atoms with Crippen molar-refractivity contribution in [2.75, 3.05) is 12.8 Å². The molecule has 0 atom stereocenters. The lowest BCUT2D eigenvalue weighted by molar-refractivity contribution is 0.412. The molecule has 82 valence electrons. The molecule has 0 unspecified atom stereocenters. The van der Waals surface area contributed by atoms with Gasteiger partial charge in [-0.3, -0.25) is 0 Å². The van der Waals surface area contributed by atoms with Crippen LogP contribution in [0.15, 0.2) is 30.5 Å². The number of nitrogens with zero attached hydrogens (tertiary/aromatic N) is 2. The number of nitrogens with two attached hydrogens (primary N) is 1. The van der Waals surface area contributed by atoms with E-state index >= 15 is 0 Å². The van der Waals surface area contributed by atoms with Crippen molar-refractivity contribution in [3.8, 4) is 17.1 Å². The minimum atomic E-state index is 0.463. The predicted octanol–water partition coefficient (Wildman–Crippen LogP) is 2.04. The summed E-state index contributed by atoms with van der Waals surface area (Å²) in [6, 6.07) is 7.49. The van der Waals surface area contributed by atoms with E-state index < -0.39 is 0 Å². The average Bonchev–Trinajstić information content (AvgIpc) is 2.29. The van der Waals surface area contributed by atoms with Crippen LogP contribution >= 0.6 is 0 Å². The maximum atomic E-state index is 5.61. The Balaban J connectivity index is 2.48. The lowest BCUT2D eigenvalue weighted by Crippen LogP contribution is -1.95. The third kappa shape index (κ3) is 1.95. The Morgan fingerprint density at radius 1 is 1.25 bits per heavy atom. The fourth-order valence-corrected chi connectivity index (χ4v) is 1.47. The Kier molecular flexibility index (Phi) is 2.72. The van der Waals surface area contributed by atoms with Gasteiger partial charge in [-0.15, -0.1) is 0 Å². The number of rotatable bonds is 2. The average molecular weight is 215 g/mol. The molecule has 0 radical (unpaired) electrons. The first-order valence-electron chi connectivity index (χ1n) is 4.94. The van der Waals surface area contributed by atoms with Crippen LogP contribution in [0.25, 0.3) is 11.4 Å². The van der Waals surface area contributed by atoms with Gasteiger partial charge in [0, 0.05) is 11.8 Å². The van der Waals surface area contributed by atoms with E-state index in [1.165, 1.54) is 0 Å². The molecule has 0 saturated heterocycles. The molecule has 4 heteroatoms. The lowest BCUT2D eigenvalue weighted by atomic mass is 10.1. The summed E-state index contributed by atoms with van der Waals surface area (Å²) >= 11 is 0. The highest BCUT2D eigenvalue weighted by atomic mass is 16.5. The molecule has 0 aliphatic heterocycles. The number of aromatic nitrogens is 2. The summed E-state index contributed by atoms with van der Waals surface area (Å²) in [5.41, 5.74) is 7.59. The molecule has 16 heavy (non-hydrogen) atoms. The Morgan fingerprint density at radius 2 is 2.06 bits per heavy atom. The summed E-state index contributed by atoms with van der Waals surface area (Å²) in [7, 11) is 1.65. The smallest absolute Gasteiger partial charge is 0.161 e. The predicted molar refractivity (Wildman–Crippen MR) is 63.2 cm³/mol. The van der Waals surface area contributed by atoms with Crippen LogP contribution in [0.1, 0.15) is 5.56 Å². The maximum Gasteiger partial charge on any atom is 0.161 e. The number of hydrogen-bond donors (Lipinski definition) is 1. The highest BCUT2D eigenvalue weighted by Crippen LogP contribution is 2.24. The van der Waals surface area contributed by atoms with E-state index in [1.54, 1.807) is 19.4 Å². The van der Waals surface area contributed by atoms with Gasteiger partial charge in [0.1, 0.15) is 11.6 Å². The van der Waals surface area contributed by atoms with Gasteiger partial charge >= 0.3 is 0 Å². The van der Waals surface area contributed by atoms with Crippen molar-refractivity contribution in [1.82, 2.24) is 9.97 Å². The van der Waals surface area contributed by atoms with Gasteiger partial charge in [-0.2, -0.15) is 0 Å². The summed E-state index contributed by atoms with van der Waals surface area (Å²) in [6.45, 7) is 1.99. The largest absolute Gasteiger partial charge is 0.496 e. The van der Waals surface area contributed by atoms with E-state index in [0.717, 1.165) is 16.9 Å². The second-order valence-corrected chi connectivity index (χ2v) is 3.49. The van der Waals surface area contributed by atoms with Gasteiger partial charge < -0.3 is 10.5 Å². The van der Waals surface area contributed by atoms with Gasteiger partial charge in [0.15, 0.2) is 5.82 Å². The number of methoxy groups -OCH3 is 1. The SMILES string of the molecule is COc1cc(-c2nccc(N)n2)ccc1C. The summed E-state index contributed by atoms with van der Waals surface area (Å²) in [4.78, 5) is 8.33. The van der Waals surface area contributed by atoms with Crippen LogP contribution in [0.3, 0.4) is 0 Å². The highest BCUT2D eigenvalue weighted by molar-refractivity contribution is 5.60. The van der Waals surface area contributed by atoms with Gasteiger partial charge in [0.25, 0.3) is 0 Å². The van der Waals surface area contributed by atoms with Gasteiger partial charge in [0.05, 0.1) is 7.11 Å². The number of hydrogen-bond acceptors (Lipinski definition) is 4.